The fourth-order valence-corrected chi connectivity index (χ4v) is 3.61. The van der Waals surface area contributed by atoms with Crippen LogP contribution in [0.15, 0.2) is 11.4 Å². The molecule has 3 rings (SSSR count). The van der Waals surface area contributed by atoms with Crippen LogP contribution in [0.3, 0.4) is 0 Å². The van der Waals surface area contributed by atoms with E-state index < -0.39 is 6.10 Å². The van der Waals surface area contributed by atoms with Gasteiger partial charge in [0.15, 0.2) is 5.13 Å². The second-order valence-corrected chi connectivity index (χ2v) is 7.63. The average Bonchev–Trinajstić information content (AvgIpc) is 3.17. The van der Waals surface area contributed by atoms with Gasteiger partial charge in [0.2, 0.25) is 6.10 Å². The number of nitrogens with two attached hydrogens (primary N) is 1. The van der Waals surface area contributed by atoms with Gasteiger partial charge >= 0.3 is 0 Å². The normalized spacial score (nSPS) is 21.1. The maximum atomic E-state index is 12.7. The molecule has 136 valence electrons. The minimum absolute atomic E-state index is 0.0456. The Morgan fingerprint density at radius 3 is 2.64 bits per heavy atom. The summed E-state index contributed by atoms with van der Waals surface area (Å²) >= 11 is 1.19. The molecule has 2 aliphatic heterocycles. The first kappa shape index (κ1) is 17.7. The zero-order chi connectivity index (χ0) is 18.0. The molecule has 0 radical (unpaired) electrons. The van der Waals surface area contributed by atoms with E-state index in [9.17, 15) is 9.59 Å². The Hall–Kier alpha value is -2.16. The van der Waals surface area contributed by atoms with Gasteiger partial charge in [0.1, 0.15) is 4.88 Å². The largest absolute Gasteiger partial charge is 0.382 e. The Labute approximate surface area is 150 Å². The summed E-state index contributed by atoms with van der Waals surface area (Å²) in [5.74, 6) is 0.156. The maximum Gasteiger partial charge on any atom is 0.266 e. The van der Waals surface area contributed by atoms with Crippen molar-refractivity contribution in [2.75, 3.05) is 31.9 Å². The van der Waals surface area contributed by atoms with E-state index in [1.165, 1.54) is 17.5 Å². The molecule has 1 aromatic rings. The molecular weight excluding hydrogens is 342 g/mol. The third-order valence-corrected chi connectivity index (χ3v) is 5.28. The summed E-state index contributed by atoms with van der Waals surface area (Å²) in [5.41, 5.74) is 6.52. The smallest absolute Gasteiger partial charge is 0.266 e. The van der Waals surface area contributed by atoms with Crippen molar-refractivity contribution in [1.29, 1.82) is 0 Å². The molecule has 0 aliphatic carbocycles. The number of aromatic nitrogens is 1. The number of hydrogen-bond donors (Lipinski definition) is 1. The minimum Gasteiger partial charge on any atom is -0.382 e. The summed E-state index contributed by atoms with van der Waals surface area (Å²) in [6.07, 6.45) is 2.26. The number of thiazole rings is 1. The lowest BCUT2D eigenvalue weighted by Gasteiger charge is -2.23. The number of rotatable bonds is 3. The van der Waals surface area contributed by atoms with E-state index in [1.807, 2.05) is 13.8 Å². The first-order valence-corrected chi connectivity index (χ1v) is 9.29. The molecule has 0 saturated carbocycles. The van der Waals surface area contributed by atoms with Crippen molar-refractivity contribution < 1.29 is 14.4 Å². The van der Waals surface area contributed by atoms with Gasteiger partial charge in [-0.15, -0.1) is 0 Å². The molecule has 1 unspecified atom stereocenters. The van der Waals surface area contributed by atoms with Crippen molar-refractivity contribution >= 4 is 34.0 Å². The van der Waals surface area contributed by atoms with Gasteiger partial charge in [0.05, 0.1) is 11.9 Å². The average molecular weight is 365 g/mol. The number of nitrogen functional groups attached to an aromatic ring is 1. The Morgan fingerprint density at radius 2 is 2.00 bits per heavy atom. The van der Waals surface area contributed by atoms with E-state index in [-0.39, 0.29) is 17.7 Å². The van der Waals surface area contributed by atoms with E-state index in [4.69, 9.17) is 10.6 Å². The van der Waals surface area contributed by atoms with Crippen LogP contribution >= 0.6 is 11.3 Å². The number of carbonyl (C=O) groups excluding carboxylic acids is 2. The molecular formula is C16H23N5O3S. The fraction of sp³-hybridized carbons (Fsp3) is 0.625. The first-order valence-electron chi connectivity index (χ1n) is 8.47. The van der Waals surface area contributed by atoms with Crippen LogP contribution in [0.2, 0.25) is 0 Å². The zero-order valence-electron chi connectivity index (χ0n) is 14.5. The van der Waals surface area contributed by atoms with Crippen LogP contribution < -0.4 is 5.73 Å². The van der Waals surface area contributed by atoms with E-state index in [2.05, 4.69) is 10.1 Å². The fourth-order valence-electron chi connectivity index (χ4n) is 2.96. The molecule has 8 nitrogen and oxygen atoms in total. The van der Waals surface area contributed by atoms with Crippen molar-refractivity contribution in [1.82, 2.24) is 14.8 Å². The van der Waals surface area contributed by atoms with Crippen molar-refractivity contribution in [2.45, 2.75) is 32.8 Å². The Bertz CT molecular complexity index is 687. The van der Waals surface area contributed by atoms with Gasteiger partial charge in [-0.2, -0.15) is 0 Å². The predicted octanol–water partition coefficient (Wildman–Crippen LogP) is 1.20. The zero-order valence-corrected chi connectivity index (χ0v) is 15.3. The Balaban J connectivity index is 1.57. The van der Waals surface area contributed by atoms with Gasteiger partial charge in [0, 0.05) is 32.6 Å². The van der Waals surface area contributed by atoms with Gasteiger partial charge in [0.25, 0.3) is 11.8 Å². The number of anilines is 1. The summed E-state index contributed by atoms with van der Waals surface area (Å²) in [6.45, 7) is 6.29. The molecule has 3 heterocycles. The molecule has 2 aliphatic rings. The summed E-state index contributed by atoms with van der Waals surface area (Å²) in [6, 6.07) is 0. The first-order chi connectivity index (χ1) is 12.0. The van der Waals surface area contributed by atoms with E-state index >= 15 is 0 Å². The quantitative estimate of drug-likeness (QED) is 0.867. The van der Waals surface area contributed by atoms with Crippen LogP contribution in [0.1, 0.15) is 36.4 Å². The third-order valence-electron chi connectivity index (χ3n) is 4.46. The summed E-state index contributed by atoms with van der Waals surface area (Å²) in [4.78, 5) is 38.5. The summed E-state index contributed by atoms with van der Waals surface area (Å²) in [5, 5.41) is 4.41. The van der Waals surface area contributed by atoms with Crippen molar-refractivity contribution in [3.8, 4) is 0 Å². The standard InChI is InChI=1S/C16H23N5O3S/c1-10(2)11-8-12(24-19-11)14(22)20-4-3-5-21(7-6-20)15(23)13-9-18-16(17)25-13/h9-10,12H,3-8H2,1-2H3,(H2,17,18). The second-order valence-electron chi connectivity index (χ2n) is 6.57. The number of hydrogen-bond acceptors (Lipinski definition) is 7. The van der Waals surface area contributed by atoms with Gasteiger partial charge < -0.3 is 20.4 Å². The molecule has 1 aromatic heterocycles. The van der Waals surface area contributed by atoms with Gasteiger partial charge in [-0.05, 0) is 12.3 Å². The van der Waals surface area contributed by atoms with Crippen LogP contribution in [0.25, 0.3) is 0 Å². The molecule has 2 amide bonds. The molecule has 9 heteroatoms. The van der Waals surface area contributed by atoms with E-state index in [1.54, 1.807) is 9.80 Å². The highest BCUT2D eigenvalue weighted by molar-refractivity contribution is 7.17. The lowest BCUT2D eigenvalue weighted by Crippen LogP contribution is -2.42. The van der Waals surface area contributed by atoms with Crippen LogP contribution in [0.5, 0.6) is 0 Å². The van der Waals surface area contributed by atoms with Gasteiger partial charge in [-0.1, -0.05) is 30.3 Å². The van der Waals surface area contributed by atoms with Gasteiger partial charge in [-0.25, -0.2) is 4.98 Å². The molecule has 2 N–H and O–H groups in total. The Kier molecular flexibility index (Phi) is 5.22. The maximum absolute atomic E-state index is 12.7. The number of carbonyl (C=O) groups is 2. The Morgan fingerprint density at radius 1 is 1.28 bits per heavy atom. The third kappa shape index (κ3) is 3.92. The van der Waals surface area contributed by atoms with Crippen molar-refractivity contribution in [3.63, 3.8) is 0 Å². The minimum atomic E-state index is -0.527. The lowest BCUT2D eigenvalue weighted by atomic mass is 10.0. The lowest BCUT2D eigenvalue weighted by molar-refractivity contribution is -0.141. The van der Waals surface area contributed by atoms with Crippen LogP contribution in [0.4, 0.5) is 5.13 Å². The molecule has 25 heavy (non-hydrogen) atoms. The monoisotopic (exact) mass is 365 g/mol. The summed E-state index contributed by atoms with van der Waals surface area (Å²) < 4.78 is 0. The van der Waals surface area contributed by atoms with Gasteiger partial charge in [-0.3, -0.25) is 9.59 Å². The summed E-state index contributed by atoms with van der Waals surface area (Å²) in [7, 11) is 0. The highest BCUT2D eigenvalue weighted by Crippen LogP contribution is 2.20. The van der Waals surface area contributed by atoms with Crippen LogP contribution in [-0.2, 0) is 9.63 Å². The number of oxime groups is 1. The molecule has 0 bridgehead atoms. The molecule has 1 saturated heterocycles. The topological polar surface area (TPSA) is 101 Å². The number of amides is 2. The second kappa shape index (κ2) is 7.38. The molecule has 0 aromatic carbocycles. The molecule has 0 spiro atoms. The molecule has 1 fully saturated rings. The van der Waals surface area contributed by atoms with E-state index in [0.717, 1.165) is 12.1 Å². The predicted molar refractivity (Wildman–Crippen MR) is 95.4 cm³/mol. The van der Waals surface area contributed by atoms with E-state index in [0.29, 0.717) is 42.6 Å². The highest BCUT2D eigenvalue weighted by Gasteiger charge is 2.34. The van der Waals surface area contributed by atoms with Crippen LogP contribution in [-0.4, -0.2) is 64.6 Å². The molecule has 1 atom stereocenters. The van der Waals surface area contributed by atoms with Crippen molar-refractivity contribution in [2.24, 2.45) is 11.1 Å². The van der Waals surface area contributed by atoms with Crippen molar-refractivity contribution in [3.05, 3.63) is 11.1 Å². The highest BCUT2D eigenvalue weighted by atomic mass is 32.1. The van der Waals surface area contributed by atoms with Crippen LogP contribution in [0, 0.1) is 5.92 Å². The SMILES string of the molecule is CC(C)C1=NOC(C(=O)N2CCCN(C(=O)c3cnc(N)s3)CC2)C1. The number of nitrogens with zero attached hydrogens (tertiary/aromatic N) is 4.